The number of rotatable bonds is 10. The summed E-state index contributed by atoms with van der Waals surface area (Å²) in [6.45, 7) is 5.49. The van der Waals surface area contributed by atoms with Crippen molar-refractivity contribution < 1.29 is 13.2 Å². The quantitative estimate of drug-likeness (QED) is 0.177. The van der Waals surface area contributed by atoms with Crippen molar-refractivity contribution in [3.8, 4) is 5.69 Å². The molecule has 0 aliphatic heterocycles. The number of hydrogen-bond acceptors (Lipinski definition) is 4. The number of halogens is 2. The van der Waals surface area contributed by atoms with E-state index >= 15 is 0 Å². The zero-order valence-electron chi connectivity index (χ0n) is 22.4. The Morgan fingerprint density at radius 3 is 2.38 bits per heavy atom. The highest BCUT2D eigenvalue weighted by molar-refractivity contribution is 7.89. The SMILES string of the molecule is Cc1ccc(S(=O)(=O)N(CCc2ccccc2)CC(=O)N/N=C/c2cc(C)n(-c3cccc(Cl)c3Cl)c2C)cc1. The number of nitrogens with zero attached hydrogens (tertiary/aromatic N) is 3. The summed E-state index contributed by atoms with van der Waals surface area (Å²) in [7, 11) is -3.91. The van der Waals surface area contributed by atoms with Crippen LogP contribution in [0.25, 0.3) is 5.69 Å². The summed E-state index contributed by atoms with van der Waals surface area (Å²) in [6.07, 6.45) is 1.98. The molecule has 3 aromatic carbocycles. The number of hydrogen-bond donors (Lipinski definition) is 1. The van der Waals surface area contributed by atoms with Gasteiger partial charge in [0.1, 0.15) is 0 Å². The van der Waals surface area contributed by atoms with E-state index in [9.17, 15) is 13.2 Å². The first kappa shape index (κ1) is 29.6. The molecule has 40 heavy (non-hydrogen) atoms. The molecule has 1 aromatic heterocycles. The van der Waals surface area contributed by atoms with E-state index in [1.54, 1.807) is 30.3 Å². The summed E-state index contributed by atoms with van der Waals surface area (Å²) in [4.78, 5) is 13.0. The van der Waals surface area contributed by atoms with Gasteiger partial charge in [-0.05, 0) is 63.1 Å². The minimum absolute atomic E-state index is 0.134. The molecule has 4 rings (SSSR count). The van der Waals surface area contributed by atoms with Gasteiger partial charge in [-0.3, -0.25) is 4.79 Å². The van der Waals surface area contributed by atoms with E-state index in [2.05, 4.69) is 10.5 Å². The summed E-state index contributed by atoms with van der Waals surface area (Å²) in [6, 6.07) is 23.5. The van der Waals surface area contributed by atoms with Crippen LogP contribution in [0.5, 0.6) is 0 Å². The average molecular weight is 598 g/mol. The van der Waals surface area contributed by atoms with Gasteiger partial charge in [0.25, 0.3) is 5.91 Å². The highest BCUT2D eigenvalue weighted by Gasteiger charge is 2.26. The standard InChI is InChI=1S/C30H30Cl2N4O3S/c1-21-12-14-26(15-13-21)40(38,39)35(17-16-24-8-5-4-6-9-24)20-29(37)34-33-19-25-18-22(2)36(23(25)3)28-11-7-10-27(31)30(28)32/h4-15,18-19H,16-17,20H2,1-3H3,(H,34,37)/b33-19+. The smallest absolute Gasteiger partial charge is 0.255 e. The molecule has 0 unspecified atom stereocenters. The maximum atomic E-state index is 13.5. The second kappa shape index (κ2) is 12.8. The summed E-state index contributed by atoms with van der Waals surface area (Å²) in [5, 5.41) is 5.00. The number of aryl methyl sites for hydroxylation is 2. The third kappa shape index (κ3) is 6.82. The van der Waals surface area contributed by atoms with Crippen LogP contribution in [0, 0.1) is 20.8 Å². The monoisotopic (exact) mass is 596 g/mol. The van der Waals surface area contributed by atoms with Gasteiger partial charge < -0.3 is 4.57 Å². The summed E-state index contributed by atoms with van der Waals surface area (Å²) in [5.74, 6) is -0.549. The molecule has 1 N–H and O–H groups in total. The Morgan fingerprint density at radius 2 is 1.68 bits per heavy atom. The first-order valence-electron chi connectivity index (χ1n) is 12.6. The molecule has 10 heteroatoms. The lowest BCUT2D eigenvalue weighted by atomic mass is 10.1. The fraction of sp³-hybridized carbons (Fsp3) is 0.200. The number of aromatic nitrogens is 1. The van der Waals surface area contributed by atoms with E-state index in [1.807, 2.05) is 73.9 Å². The molecule has 1 amide bonds. The van der Waals surface area contributed by atoms with Gasteiger partial charge in [0.05, 0.1) is 33.4 Å². The number of hydrazone groups is 1. The topological polar surface area (TPSA) is 83.8 Å². The van der Waals surface area contributed by atoms with Gasteiger partial charge in [0.2, 0.25) is 10.0 Å². The molecule has 0 atom stereocenters. The van der Waals surface area contributed by atoms with Crippen LogP contribution >= 0.6 is 23.2 Å². The lowest BCUT2D eigenvalue weighted by Crippen LogP contribution is -2.40. The molecule has 4 aromatic rings. The number of benzene rings is 3. The van der Waals surface area contributed by atoms with Gasteiger partial charge in [-0.25, -0.2) is 13.8 Å². The van der Waals surface area contributed by atoms with Crippen LogP contribution in [-0.2, 0) is 21.2 Å². The van der Waals surface area contributed by atoms with Crippen LogP contribution in [0.4, 0.5) is 0 Å². The van der Waals surface area contributed by atoms with E-state index in [4.69, 9.17) is 23.2 Å². The van der Waals surface area contributed by atoms with Crippen molar-refractivity contribution in [2.45, 2.75) is 32.1 Å². The number of carbonyl (C=O) groups is 1. The second-order valence-electron chi connectivity index (χ2n) is 9.42. The minimum Gasteiger partial charge on any atom is -0.316 e. The van der Waals surface area contributed by atoms with Crippen molar-refractivity contribution in [2.75, 3.05) is 13.1 Å². The Morgan fingerprint density at radius 1 is 0.975 bits per heavy atom. The molecular formula is C30H30Cl2N4O3S. The highest BCUT2D eigenvalue weighted by Crippen LogP contribution is 2.31. The maximum absolute atomic E-state index is 13.5. The first-order chi connectivity index (χ1) is 19.1. The van der Waals surface area contributed by atoms with Gasteiger partial charge in [-0.2, -0.15) is 9.41 Å². The van der Waals surface area contributed by atoms with E-state index in [1.165, 1.54) is 10.5 Å². The molecule has 0 fully saturated rings. The van der Waals surface area contributed by atoms with Gasteiger partial charge >= 0.3 is 0 Å². The maximum Gasteiger partial charge on any atom is 0.255 e. The lowest BCUT2D eigenvalue weighted by Gasteiger charge is -2.21. The molecule has 0 bridgehead atoms. The minimum atomic E-state index is -3.91. The molecule has 0 spiro atoms. The van der Waals surface area contributed by atoms with Crippen molar-refractivity contribution in [1.82, 2.24) is 14.3 Å². The second-order valence-corrected chi connectivity index (χ2v) is 12.1. The van der Waals surface area contributed by atoms with Gasteiger partial charge in [-0.1, -0.05) is 77.3 Å². The Labute approximate surface area is 245 Å². The fourth-order valence-corrected chi connectivity index (χ4v) is 6.14. The number of amides is 1. The van der Waals surface area contributed by atoms with Gasteiger partial charge in [-0.15, -0.1) is 0 Å². The summed E-state index contributed by atoms with van der Waals surface area (Å²) in [5.41, 5.74) is 7.66. The predicted molar refractivity (Wildman–Crippen MR) is 161 cm³/mol. The lowest BCUT2D eigenvalue weighted by molar-refractivity contribution is -0.121. The Balaban J connectivity index is 1.50. The summed E-state index contributed by atoms with van der Waals surface area (Å²) < 4.78 is 30.0. The molecule has 0 aliphatic carbocycles. The highest BCUT2D eigenvalue weighted by atomic mass is 35.5. The predicted octanol–water partition coefficient (Wildman–Crippen LogP) is 6.09. The van der Waals surface area contributed by atoms with Crippen molar-refractivity contribution >= 4 is 45.3 Å². The van der Waals surface area contributed by atoms with Crippen LogP contribution in [0.15, 0.2) is 88.9 Å². The van der Waals surface area contributed by atoms with Crippen molar-refractivity contribution in [1.29, 1.82) is 0 Å². The Hall–Kier alpha value is -3.43. The largest absolute Gasteiger partial charge is 0.316 e. The normalized spacial score (nSPS) is 11.8. The molecule has 0 aliphatic rings. The number of nitrogens with one attached hydrogen (secondary N) is 1. The zero-order valence-corrected chi connectivity index (χ0v) is 24.8. The molecule has 0 saturated heterocycles. The van der Waals surface area contributed by atoms with Crippen molar-refractivity contribution in [3.05, 3.63) is 117 Å². The van der Waals surface area contributed by atoms with Crippen LogP contribution in [-0.4, -0.2) is 42.5 Å². The molecule has 0 saturated carbocycles. The first-order valence-corrected chi connectivity index (χ1v) is 14.8. The average Bonchev–Trinajstić information content (AvgIpc) is 3.21. The molecule has 1 heterocycles. The van der Waals surface area contributed by atoms with Crippen molar-refractivity contribution in [2.24, 2.45) is 5.10 Å². The van der Waals surface area contributed by atoms with Crippen molar-refractivity contribution in [3.63, 3.8) is 0 Å². The van der Waals surface area contributed by atoms with Crippen LogP contribution in [0.1, 0.15) is 28.1 Å². The Kier molecular flexibility index (Phi) is 9.48. The third-order valence-electron chi connectivity index (χ3n) is 6.51. The van der Waals surface area contributed by atoms with E-state index in [-0.39, 0.29) is 18.0 Å². The molecule has 208 valence electrons. The van der Waals surface area contributed by atoms with E-state index in [0.717, 1.165) is 33.8 Å². The number of sulfonamides is 1. The fourth-order valence-electron chi connectivity index (χ4n) is 4.37. The van der Waals surface area contributed by atoms with Crippen LogP contribution < -0.4 is 5.43 Å². The van der Waals surface area contributed by atoms with E-state index in [0.29, 0.717) is 16.5 Å². The zero-order chi connectivity index (χ0) is 28.9. The van der Waals surface area contributed by atoms with Crippen LogP contribution in [0.3, 0.4) is 0 Å². The summed E-state index contributed by atoms with van der Waals surface area (Å²) >= 11 is 12.6. The van der Waals surface area contributed by atoms with E-state index < -0.39 is 15.9 Å². The van der Waals surface area contributed by atoms with Gasteiger partial charge in [0, 0.05) is 23.5 Å². The van der Waals surface area contributed by atoms with Gasteiger partial charge in [0.15, 0.2) is 0 Å². The Bertz CT molecular complexity index is 1630. The molecular weight excluding hydrogens is 567 g/mol. The third-order valence-corrected chi connectivity index (χ3v) is 9.18. The molecule has 7 nitrogen and oxygen atoms in total. The van der Waals surface area contributed by atoms with Crippen LogP contribution in [0.2, 0.25) is 10.0 Å². The molecule has 0 radical (unpaired) electrons. The number of carbonyl (C=O) groups excluding carboxylic acids is 1.